The molecule has 1 N–H and O–H groups in total. The van der Waals surface area contributed by atoms with Crippen LogP contribution in [0, 0.1) is 11.3 Å². The summed E-state index contributed by atoms with van der Waals surface area (Å²) in [6.07, 6.45) is 0.373. The summed E-state index contributed by atoms with van der Waals surface area (Å²) in [5.41, 5.74) is 1.98. The van der Waals surface area contributed by atoms with Crippen molar-refractivity contribution in [2.24, 2.45) is 0 Å². The average molecular weight is 280 g/mol. The predicted molar refractivity (Wildman–Crippen MR) is 79.5 cm³/mol. The highest BCUT2D eigenvalue weighted by Gasteiger charge is 2.03. The number of nitrogens with zero attached hydrogens (tertiary/aromatic N) is 1. The number of hydrogen-bond donors (Lipinski definition) is 1. The lowest BCUT2D eigenvalue weighted by Crippen LogP contribution is -2.28. The van der Waals surface area contributed by atoms with Crippen molar-refractivity contribution in [3.63, 3.8) is 0 Å². The summed E-state index contributed by atoms with van der Waals surface area (Å²) in [6, 6.07) is 18.9. The van der Waals surface area contributed by atoms with Gasteiger partial charge in [0.15, 0.2) is 6.61 Å². The molecule has 0 aliphatic heterocycles. The molecule has 0 bridgehead atoms. The van der Waals surface area contributed by atoms with Crippen LogP contribution >= 0.6 is 0 Å². The predicted octanol–water partition coefficient (Wildman–Crippen LogP) is 2.45. The lowest BCUT2D eigenvalue weighted by atomic mass is 10.2. The van der Waals surface area contributed by atoms with Crippen LogP contribution in [-0.4, -0.2) is 12.5 Å². The van der Waals surface area contributed by atoms with Gasteiger partial charge in [0.2, 0.25) is 0 Å². The quantitative estimate of drug-likeness (QED) is 0.884. The lowest BCUT2D eigenvalue weighted by molar-refractivity contribution is -0.123. The van der Waals surface area contributed by atoms with E-state index in [4.69, 9.17) is 10.00 Å². The number of nitriles is 1. The number of carbonyl (C=O) groups is 1. The van der Waals surface area contributed by atoms with E-state index >= 15 is 0 Å². The van der Waals surface area contributed by atoms with E-state index in [1.165, 1.54) is 0 Å². The molecule has 0 aromatic heterocycles. The molecule has 1 amide bonds. The van der Waals surface area contributed by atoms with Crippen LogP contribution in [-0.2, 0) is 17.8 Å². The normalized spacial score (nSPS) is 9.67. The van der Waals surface area contributed by atoms with Crippen LogP contribution in [0.5, 0.6) is 5.75 Å². The fraction of sp³-hybridized carbons (Fsp3) is 0.176. The van der Waals surface area contributed by atoms with Crippen molar-refractivity contribution >= 4 is 5.91 Å². The maximum absolute atomic E-state index is 11.7. The summed E-state index contributed by atoms with van der Waals surface area (Å²) < 4.78 is 5.39. The third-order valence-electron chi connectivity index (χ3n) is 2.91. The van der Waals surface area contributed by atoms with E-state index in [1.54, 1.807) is 12.1 Å². The van der Waals surface area contributed by atoms with E-state index in [0.717, 1.165) is 11.1 Å². The lowest BCUT2D eigenvalue weighted by Gasteiger charge is -2.08. The first-order valence-electron chi connectivity index (χ1n) is 6.67. The molecule has 0 saturated heterocycles. The Morgan fingerprint density at radius 3 is 2.43 bits per heavy atom. The molecule has 106 valence electrons. The van der Waals surface area contributed by atoms with Gasteiger partial charge in [0.05, 0.1) is 12.5 Å². The standard InChI is InChI=1S/C17H16N2O2/c18-11-10-14-6-8-16(9-7-14)21-13-17(20)19-12-15-4-2-1-3-5-15/h1-9H,10,12-13H2,(H,19,20). The molecule has 0 heterocycles. The second-order valence-electron chi connectivity index (χ2n) is 4.53. The van der Waals surface area contributed by atoms with Gasteiger partial charge in [0.1, 0.15) is 5.75 Å². The average Bonchev–Trinajstić information content (AvgIpc) is 2.53. The number of carbonyl (C=O) groups excluding carboxylic acids is 1. The van der Waals surface area contributed by atoms with Gasteiger partial charge in [-0.25, -0.2) is 0 Å². The maximum atomic E-state index is 11.7. The van der Waals surface area contributed by atoms with E-state index in [0.29, 0.717) is 18.7 Å². The molecule has 0 radical (unpaired) electrons. The van der Waals surface area contributed by atoms with Crippen molar-refractivity contribution in [1.29, 1.82) is 5.26 Å². The van der Waals surface area contributed by atoms with Crippen molar-refractivity contribution in [3.8, 4) is 11.8 Å². The maximum Gasteiger partial charge on any atom is 0.258 e. The van der Waals surface area contributed by atoms with Crippen molar-refractivity contribution in [2.75, 3.05) is 6.61 Å². The Labute approximate surface area is 124 Å². The molecular formula is C17H16N2O2. The number of nitrogens with one attached hydrogen (secondary N) is 1. The van der Waals surface area contributed by atoms with Gasteiger partial charge >= 0.3 is 0 Å². The van der Waals surface area contributed by atoms with Gasteiger partial charge < -0.3 is 10.1 Å². The van der Waals surface area contributed by atoms with Crippen LogP contribution < -0.4 is 10.1 Å². The fourth-order valence-corrected chi connectivity index (χ4v) is 1.79. The van der Waals surface area contributed by atoms with Crippen molar-refractivity contribution in [1.82, 2.24) is 5.32 Å². The summed E-state index contributed by atoms with van der Waals surface area (Å²) in [7, 11) is 0. The minimum atomic E-state index is -0.167. The second kappa shape index (κ2) is 7.71. The highest BCUT2D eigenvalue weighted by atomic mass is 16.5. The van der Waals surface area contributed by atoms with Gasteiger partial charge in [-0.1, -0.05) is 42.5 Å². The zero-order valence-electron chi connectivity index (χ0n) is 11.6. The minimum Gasteiger partial charge on any atom is -0.484 e. The number of rotatable bonds is 6. The zero-order chi connectivity index (χ0) is 14.9. The Morgan fingerprint density at radius 1 is 1.05 bits per heavy atom. The Morgan fingerprint density at radius 2 is 1.76 bits per heavy atom. The zero-order valence-corrected chi connectivity index (χ0v) is 11.6. The van der Waals surface area contributed by atoms with E-state index in [2.05, 4.69) is 11.4 Å². The smallest absolute Gasteiger partial charge is 0.258 e. The minimum absolute atomic E-state index is 0.0234. The molecule has 0 fully saturated rings. The SMILES string of the molecule is N#CCc1ccc(OCC(=O)NCc2ccccc2)cc1. The molecular weight excluding hydrogens is 264 g/mol. The molecule has 2 aromatic rings. The molecule has 0 atom stereocenters. The van der Waals surface area contributed by atoms with Crippen LogP contribution in [0.25, 0.3) is 0 Å². The van der Waals surface area contributed by atoms with Crippen molar-refractivity contribution in [3.05, 3.63) is 65.7 Å². The first kappa shape index (κ1) is 14.6. The summed E-state index contributed by atoms with van der Waals surface area (Å²) in [5.74, 6) is 0.450. The summed E-state index contributed by atoms with van der Waals surface area (Å²) in [6.45, 7) is 0.467. The molecule has 2 aromatic carbocycles. The number of amides is 1. The molecule has 0 aliphatic carbocycles. The van der Waals surface area contributed by atoms with E-state index in [-0.39, 0.29) is 12.5 Å². The largest absolute Gasteiger partial charge is 0.484 e. The first-order valence-corrected chi connectivity index (χ1v) is 6.67. The van der Waals surface area contributed by atoms with E-state index in [9.17, 15) is 4.79 Å². The van der Waals surface area contributed by atoms with Crippen molar-refractivity contribution in [2.45, 2.75) is 13.0 Å². The monoisotopic (exact) mass is 280 g/mol. The molecule has 2 rings (SSSR count). The van der Waals surface area contributed by atoms with Crippen LogP contribution in [0.4, 0.5) is 0 Å². The molecule has 0 spiro atoms. The van der Waals surface area contributed by atoms with E-state index < -0.39 is 0 Å². The van der Waals surface area contributed by atoms with Crippen LogP contribution in [0.15, 0.2) is 54.6 Å². The van der Waals surface area contributed by atoms with Gasteiger partial charge in [-0.05, 0) is 23.3 Å². The van der Waals surface area contributed by atoms with Gasteiger partial charge in [0.25, 0.3) is 5.91 Å². The number of benzene rings is 2. The van der Waals surface area contributed by atoms with Gasteiger partial charge in [-0.2, -0.15) is 5.26 Å². The molecule has 4 nitrogen and oxygen atoms in total. The molecule has 0 saturated carbocycles. The Balaban J connectivity index is 1.75. The highest BCUT2D eigenvalue weighted by molar-refractivity contribution is 5.77. The second-order valence-corrected chi connectivity index (χ2v) is 4.53. The highest BCUT2D eigenvalue weighted by Crippen LogP contribution is 2.12. The third kappa shape index (κ3) is 5.00. The number of ether oxygens (including phenoxy) is 1. The molecule has 0 aliphatic rings. The van der Waals surface area contributed by atoms with Gasteiger partial charge in [0, 0.05) is 6.54 Å². The van der Waals surface area contributed by atoms with Crippen molar-refractivity contribution < 1.29 is 9.53 Å². The first-order chi connectivity index (χ1) is 10.3. The van der Waals surface area contributed by atoms with E-state index in [1.807, 2.05) is 42.5 Å². The van der Waals surface area contributed by atoms with Crippen LogP contribution in [0.2, 0.25) is 0 Å². The van der Waals surface area contributed by atoms with Crippen LogP contribution in [0.1, 0.15) is 11.1 Å². The van der Waals surface area contributed by atoms with Crippen LogP contribution in [0.3, 0.4) is 0 Å². The number of hydrogen-bond acceptors (Lipinski definition) is 3. The Bertz CT molecular complexity index is 615. The Hall–Kier alpha value is -2.80. The molecule has 4 heteroatoms. The third-order valence-corrected chi connectivity index (χ3v) is 2.91. The molecule has 0 unspecified atom stereocenters. The summed E-state index contributed by atoms with van der Waals surface area (Å²) in [5, 5.41) is 11.4. The summed E-state index contributed by atoms with van der Waals surface area (Å²) >= 11 is 0. The molecule has 21 heavy (non-hydrogen) atoms. The topological polar surface area (TPSA) is 62.1 Å². The summed E-state index contributed by atoms with van der Waals surface area (Å²) in [4.78, 5) is 11.7. The van der Waals surface area contributed by atoms with Gasteiger partial charge in [-0.3, -0.25) is 4.79 Å². The van der Waals surface area contributed by atoms with Gasteiger partial charge in [-0.15, -0.1) is 0 Å². The fourth-order valence-electron chi connectivity index (χ4n) is 1.79. The Kier molecular flexibility index (Phi) is 5.36.